The summed E-state index contributed by atoms with van der Waals surface area (Å²) in [6, 6.07) is 8.72. The molecule has 0 amide bonds. The molecular formula is C23H41N5O. The van der Waals surface area contributed by atoms with Gasteiger partial charge in [-0.3, -0.25) is 9.89 Å². The van der Waals surface area contributed by atoms with Crippen molar-refractivity contribution in [3.63, 3.8) is 0 Å². The third-order valence-corrected chi connectivity index (χ3v) is 5.80. The van der Waals surface area contributed by atoms with Crippen LogP contribution in [0.25, 0.3) is 0 Å². The van der Waals surface area contributed by atoms with Gasteiger partial charge in [0.05, 0.1) is 6.10 Å². The molecule has 164 valence electrons. The number of likely N-dealkylation sites (N-methyl/N-ethyl adjacent to an activating group) is 1. The molecule has 1 saturated heterocycles. The van der Waals surface area contributed by atoms with Crippen molar-refractivity contribution in [2.24, 2.45) is 10.4 Å². The largest absolute Gasteiger partial charge is 0.379 e. The number of nitrogens with zero attached hydrogens (tertiary/aromatic N) is 3. The third-order valence-electron chi connectivity index (χ3n) is 5.80. The number of nitrogens with one attached hydrogen (secondary N) is 2. The number of rotatable bonds is 8. The van der Waals surface area contributed by atoms with Crippen molar-refractivity contribution in [2.75, 3.05) is 53.4 Å². The Morgan fingerprint density at radius 1 is 1.07 bits per heavy atom. The van der Waals surface area contributed by atoms with Gasteiger partial charge in [-0.15, -0.1) is 0 Å². The minimum absolute atomic E-state index is 0.0784. The van der Waals surface area contributed by atoms with Gasteiger partial charge in [-0.1, -0.05) is 52.0 Å². The second-order valence-corrected chi connectivity index (χ2v) is 8.88. The number of guanidine groups is 1. The summed E-state index contributed by atoms with van der Waals surface area (Å²) in [5.41, 5.74) is 2.80. The minimum atomic E-state index is 0.0784. The topological polar surface area (TPSA) is 52.1 Å². The second kappa shape index (κ2) is 11.5. The highest BCUT2D eigenvalue weighted by Crippen LogP contribution is 2.21. The molecule has 0 aliphatic carbocycles. The predicted molar refractivity (Wildman–Crippen MR) is 122 cm³/mol. The molecule has 1 fully saturated rings. The zero-order valence-electron chi connectivity index (χ0n) is 19.3. The van der Waals surface area contributed by atoms with Crippen LogP contribution in [0, 0.1) is 5.41 Å². The highest BCUT2D eigenvalue weighted by molar-refractivity contribution is 5.79. The molecule has 29 heavy (non-hydrogen) atoms. The molecule has 2 rings (SSSR count). The Labute approximate surface area is 177 Å². The average Bonchev–Trinajstić information content (AvgIpc) is 2.71. The van der Waals surface area contributed by atoms with Crippen LogP contribution in [0.5, 0.6) is 0 Å². The number of hydrogen-bond donors (Lipinski definition) is 2. The molecule has 6 nitrogen and oxygen atoms in total. The molecule has 0 radical (unpaired) electrons. The first-order valence-corrected chi connectivity index (χ1v) is 10.9. The van der Waals surface area contributed by atoms with Gasteiger partial charge in [-0.05, 0) is 23.1 Å². The summed E-state index contributed by atoms with van der Waals surface area (Å²) in [5.74, 6) is 0.808. The van der Waals surface area contributed by atoms with Gasteiger partial charge < -0.3 is 20.3 Å². The average molecular weight is 404 g/mol. The van der Waals surface area contributed by atoms with E-state index in [4.69, 9.17) is 4.74 Å². The fraction of sp³-hybridized carbons (Fsp3) is 0.696. The molecule has 1 aromatic rings. The van der Waals surface area contributed by atoms with Crippen LogP contribution in [0.2, 0.25) is 0 Å². The van der Waals surface area contributed by atoms with Crippen molar-refractivity contribution in [2.45, 2.75) is 46.9 Å². The summed E-state index contributed by atoms with van der Waals surface area (Å²) in [4.78, 5) is 9.46. The highest BCUT2D eigenvalue weighted by Gasteiger charge is 2.24. The molecule has 1 heterocycles. The number of piperazine rings is 1. The van der Waals surface area contributed by atoms with Crippen molar-refractivity contribution in [1.29, 1.82) is 0 Å². The van der Waals surface area contributed by atoms with Gasteiger partial charge in [0.25, 0.3) is 0 Å². The van der Waals surface area contributed by atoms with Gasteiger partial charge in [0.1, 0.15) is 0 Å². The number of ether oxygens (including phenoxy) is 1. The fourth-order valence-electron chi connectivity index (χ4n) is 3.72. The first kappa shape index (κ1) is 23.6. The summed E-state index contributed by atoms with van der Waals surface area (Å²) in [5, 5.41) is 6.87. The number of benzene rings is 1. The van der Waals surface area contributed by atoms with E-state index in [1.54, 1.807) is 7.11 Å². The lowest BCUT2D eigenvalue weighted by molar-refractivity contribution is 0.0205. The Morgan fingerprint density at radius 2 is 1.69 bits per heavy atom. The van der Waals surface area contributed by atoms with E-state index in [1.807, 2.05) is 7.05 Å². The lowest BCUT2D eigenvalue weighted by Crippen LogP contribution is -2.46. The lowest BCUT2D eigenvalue weighted by atomic mass is 9.89. The maximum Gasteiger partial charge on any atom is 0.191 e. The predicted octanol–water partition coefficient (Wildman–Crippen LogP) is 2.55. The molecule has 1 aromatic carbocycles. The monoisotopic (exact) mass is 403 g/mol. The first-order chi connectivity index (χ1) is 13.9. The van der Waals surface area contributed by atoms with Crippen LogP contribution in [0.3, 0.4) is 0 Å². The van der Waals surface area contributed by atoms with E-state index in [0.29, 0.717) is 0 Å². The number of hydrogen-bond acceptors (Lipinski definition) is 4. The van der Waals surface area contributed by atoms with Gasteiger partial charge in [-0.2, -0.15) is 0 Å². The molecular weight excluding hydrogens is 362 g/mol. The van der Waals surface area contributed by atoms with Crippen molar-refractivity contribution < 1.29 is 4.74 Å². The van der Waals surface area contributed by atoms with Crippen LogP contribution in [0.15, 0.2) is 29.3 Å². The van der Waals surface area contributed by atoms with Crippen LogP contribution in [0.4, 0.5) is 0 Å². The molecule has 0 saturated carbocycles. The number of methoxy groups -OCH3 is 1. The smallest absolute Gasteiger partial charge is 0.191 e. The Bertz CT molecular complexity index is 632. The molecule has 0 bridgehead atoms. The molecule has 1 unspecified atom stereocenters. The van der Waals surface area contributed by atoms with Crippen molar-refractivity contribution in [1.82, 2.24) is 20.4 Å². The quantitative estimate of drug-likeness (QED) is 0.516. The molecule has 0 spiro atoms. The van der Waals surface area contributed by atoms with Crippen LogP contribution in [-0.4, -0.2) is 75.3 Å². The summed E-state index contributed by atoms with van der Waals surface area (Å²) in [6.45, 7) is 17.1. The fourth-order valence-corrected chi connectivity index (χ4v) is 3.72. The van der Waals surface area contributed by atoms with E-state index >= 15 is 0 Å². The van der Waals surface area contributed by atoms with E-state index in [2.05, 4.69) is 77.4 Å². The molecule has 1 atom stereocenters. The zero-order valence-corrected chi connectivity index (χ0v) is 19.3. The Hall–Kier alpha value is -1.63. The van der Waals surface area contributed by atoms with Gasteiger partial charge in [-0.25, -0.2) is 0 Å². The molecule has 6 heteroatoms. The van der Waals surface area contributed by atoms with E-state index in [0.717, 1.165) is 45.2 Å². The highest BCUT2D eigenvalue weighted by atomic mass is 16.5. The Balaban J connectivity index is 1.89. The second-order valence-electron chi connectivity index (χ2n) is 8.88. The maximum atomic E-state index is 5.64. The first-order valence-electron chi connectivity index (χ1n) is 10.9. The zero-order chi connectivity index (χ0) is 21.3. The Kier molecular flexibility index (Phi) is 9.40. The van der Waals surface area contributed by atoms with Crippen LogP contribution in [-0.2, 0) is 17.8 Å². The molecule has 1 aliphatic heterocycles. The van der Waals surface area contributed by atoms with E-state index < -0.39 is 0 Å². The third kappa shape index (κ3) is 7.61. The summed E-state index contributed by atoms with van der Waals surface area (Å²) in [6.07, 6.45) is 0.120. The summed E-state index contributed by atoms with van der Waals surface area (Å²) in [7, 11) is 3.58. The van der Waals surface area contributed by atoms with Crippen molar-refractivity contribution >= 4 is 5.96 Å². The van der Waals surface area contributed by atoms with Gasteiger partial charge in [0, 0.05) is 60.0 Å². The molecule has 1 aliphatic rings. The SMILES string of the molecule is CCN1CCN(Cc2ccccc2CNC(=NC)NCC(OC)C(C)(C)C)CC1. The molecule has 0 aromatic heterocycles. The van der Waals surface area contributed by atoms with Crippen LogP contribution >= 0.6 is 0 Å². The van der Waals surface area contributed by atoms with Crippen LogP contribution < -0.4 is 10.6 Å². The van der Waals surface area contributed by atoms with Crippen molar-refractivity contribution in [3.8, 4) is 0 Å². The van der Waals surface area contributed by atoms with Crippen molar-refractivity contribution in [3.05, 3.63) is 35.4 Å². The minimum Gasteiger partial charge on any atom is -0.379 e. The van der Waals surface area contributed by atoms with Crippen LogP contribution in [0.1, 0.15) is 38.8 Å². The Morgan fingerprint density at radius 3 is 2.24 bits per heavy atom. The van der Waals surface area contributed by atoms with Gasteiger partial charge in [0.2, 0.25) is 0 Å². The number of aliphatic imine (C=N–C) groups is 1. The summed E-state index contributed by atoms with van der Waals surface area (Å²) < 4.78 is 5.64. The standard InChI is InChI=1S/C23H41N5O/c1-7-27-12-14-28(15-13-27)18-20-11-9-8-10-19(20)16-25-22(24-5)26-17-21(29-6)23(2,3)4/h8-11,21H,7,12-18H2,1-6H3,(H2,24,25,26). The summed E-state index contributed by atoms with van der Waals surface area (Å²) >= 11 is 0. The van der Waals surface area contributed by atoms with E-state index in [9.17, 15) is 0 Å². The van der Waals surface area contributed by atoms with Gasteiger partial charge in [0.15, 0.2) is 5.96 Å². The lowest BCUT2D eigenvalue weighted by Gasteiger charge is -2.34. The maximum absolute atomic E-state index is 5.64. The van der Waals surface area contributed by atoms with Gasteiger partial charge >= 0.3 is 0 Å². The van der Waals surface area contributed by atoms with E-state index in [-0.39, 0.29) is 11.5 Å². The van der Waals surface area contributed by atoms with E-state index in [1.165, 1.54) is 24.2 Å². The normalized spacial score (nSPS) is 17.9. The molecule has 2 N–H and O–H groups in total.